The first-order valence-corrected chi connectivity index (χ1v) is 8.39. The zero-order valence-electron chi connectivity index (χ0n) is 11.7. The Kier molecular flexibility index (Phi) is 3.51. The number of nitrogens with zero attached hydrogens (tertiary/aromatic N) is 3. The molecule has 4 aromatic rings. The van der Waals surface area contributed by atoms with Crippen molar-refractivity contribution >= 4 is 59.6 Å². The number of fused-ring (bicyclic) bond motifs is 2. The van der Waals surface area contributed by atoms with E-state index in [0.717, 1.165) is 20.2 Å². The average Bonchev–Trinajstić information content (AvgIpc) is 2.98. The molecule has 0 atom stereocenters. The molecule has 0 fully saturated rings. The number of amides is 1. The Balaban J connectivity index is 1.66. The van der Waals surface area contributed by atoms with Crippen molar-refractivity contribution in [3.63, 3.8) is 0 Å². The fourth-order valence-electron chi connectivity index (χ4n) is 2.24. The van der Waals surface area contributed by atoms with Crippen molar-refractivity contribution in [3.8, 4) is 0 Å². The highest BCUT2D eigenvalue weighted by Gasteiger charge is 2.12. The van der Waals surface area contributed by atoms with Crippen LogP contribution in [0.2, 0.25) is 0 Å². The van der Waals surface area contributed by atoms with Gasteiger partial charge in [-0.05, 0) is 46.3 Å². The van der Waals surface area contributed by atoms with E-state index in [1.165, 1.54) is 11.3 Å². The summed E-state index contributed by atoms with van der Waals surface area (Å²) in [6.07, 6.45) is 3.23. The number of benzene rings is 2. The molecule has 2 aromatic carbocycles. The first-order valence-electron chi connectivity index (χ1n) is 6.78. The smallest absolute Gasteiger partial charge is 0.257 e. The number of thiazole rings is 1. The van der Waals surface area contributed by atoms with Crippen LogP contribution in [0.3, 0.4) is 0 Å². The van der Waals surface area contributed by atoms with Gasteiger partial charge in [0, 0.05) is 22.4 Å². The molecule has 0 saturated carbocycles. The molecule has 1 amide bonds. The number of hydrogen-bond donors (Lipinski definition) is 1. The van der Waals surface area contributed by atoms with Gasteiger partial charge in [0.15, 0.2) is 5.13 Å². The molecule has 0 saturated heterocycles. The lowest BCUT2D eigenvalue weighted by Gasteiger charge is -2.02. The largest absolute Gasteiger partial charge is 0.298 e. The minimum absolute atomic E-state index is 0.215. The van der Waals surface area contributed by atoms with E-state index in [4.69, 9.17) is 0 Å². The molecule has 0 aliphatic heterocycles. The van der Waals surface area contributed by atoms with Crippen molar-refractivity contribution in [2.45, 2.75) is 0 Å². The zero-order chi connectivity index (χ0) is 15.8. The molecule has 4 rings (SSSR count). The van der Waals surface area contributed by atoms with E-state index < -0.39 is 0 Å². The number of para-hydroxylation sites is 1. The van der Waals surface area contributed by atoms with Gasteiger partial charge in [0.05, 0.1) is 21.3 Å². The van der Waals surface area contributed by atoms with E-state index in [9.17, 15) is 4.79 Å². The van der Waals surface area contributed by atoms with Gasteiger partial charge < -0.3 is 0 Å². The van der Waals surface area contributed by atoms with Crippen LogP contribution in [0.25, 0.3) is 21.3 Å². The lowest BCUT2D eigenvalue weighted by molar-refractivity contribution is 0.102. The molecule has 0 spiro atoms. The maximum Gasteiger partial charge on any atom is 0.257 e. The normalized spacial score (nSPS) is 11.0. The van der Waals surface area contributed by atoms with Crippen LogP contribution in [0.5, 0.6) is 0 Å². The number of rotatable bonds is 2. The van der Waals surface area contributed by atoms with Crippen LogP contribution in [0.15, 0.2) is 53.3 Å². The molecule has 112 valence electrons. The Morgan fingerprint density at radius 2 is 1.91 bits per heavy atom. The average molecular weight is 385 g/mol. The Morgan fingerprint density at radius 3 is 2.74 bits per heavy atom. The van der Waals surface area contributed by atoms with E-state index in [-0.39, 0.29) is 5.91 Å². The van der Waals surface area contributed by atoms with Crippen LogP contribution in [0.4, 0.5) is 5.13 Å². The fraction of sp³-hybridized carbons (Fsp3) is 0. The van der Waals surface area contributed by atoms with Crippen LogP contribution in [0, 0.1) is 0 Å². The molecule has 0 aliphatic carbocycles. The maximum absolute atomic E-state index is 12.4. The number of anilines is 1. The third-order valence-electron chi connectivity index (χ3n) is 3.32. The third-order valence-corrected chi connectivity index (χ3v) is 4.90. The van der Waals surface area contributed by atoms with E-state index in [1.54, 1.807) is 30.6 Å². The lowest BCUT2D eigenvalue weighted by Crippen LogP contribution is -2.11. The number of halogens is 1. The minimum atomic E-state index is -0.215. The van der Waals surface area contributed by atoms with Crippen molar-refractivity contribution in [1.29, 1.82) is 0 Å². The Labute approximate surface area is 143 Å². The minimum Gasteiger partial charge on any atom is -0.298 e. The third kappa shape index (κ3) is 2.69. The van der Waals surface area contributed by atoms with Crippen LogP contribution < -0.4 is 5.32 Å². The van der Waals surface area contributed by atoms with E-state index in [2.05, 4.69) is 36.2 Å². The summed E-state index contributed by atoms with van der Waals surface area (Å²) < 4.78 is 1.92. The second kappa shape index (κ2) is 5.68. The topological polar surface area (TPSA) is 67.8 Å². The molecule has 0 unspecified atom stereocenters. The Hall–Kier alpha value is -2.38. The van der Waals surface area contributed by atoms with E-state index >= 15 is 0 Å². The zero-order valence-corrected chi connectivity index (χ0v) is 14.1. The summed E-state index contributed by atoms with van der Waals surface area (Å²) in [6, 6.07) is 11.1. The summed E-state index contributed by atoms with van der Waals surface area (Å²) in [5.74, 6) is -0.215. The van der Waals surface area contributed by atoms with Crippen LogP contribution in [-0.4, -0.2) is 20.9 Å². The van der Waals surface area contributed by atoms with Crippen molar-refractivity contribution in [2.24, 2.45) is 0 Å². The van der Waals surface area contributed by atoms with E-state index in [0.29, 0.717) is 16.2 Å². The van der Waals surface area contributed by atoms with E-state index in [1.807, 2.05) is 18.2 Å². The molecule has 2 aromatic heterocycles. The van der Waals surface area contributed by atoms with Gasteiger partial charge in [-0.2, -0.15) is 0 Å². The van der Waals surface area contributed by atoms with Crippen molar-refractivity contribution in [1.82, 2.24) is 15.0 Å². The van der Waals surface area contributed by atoms with Gasteiger partial charge in [-0.15, -0.1) is 0 Å². The summed E-state index contributed by atoms with van der Waals surface area (Å²) in [5.41, 5.74) is 2.81. The lowest BCUT2D eigenvalue weighted by atomic mass is 10.2. The van der Waals surface area contributed by atoms with Crippen LogP contribution in [-0.2, 0) is 0 Å². The maximum atomic E-state index is 12.4. The molecule has 5 nitrogen and oxygen atoms in total. The van der Waals surface area contributed by atoms with Gasteiger partial charge in [0.2, 0.25) is 0 Å². The van der Waals surface area contributed by atoms with Crippen LogP contribution >= 0.6 is 27.3 Å². The summed E-state index contributed by atoms with van der Waals surface area (Å²) in [4.78, 5) is 25.3. The van der Waals surface area contributed by atoms with Gasteiger partial charge in [-0.1, -0.05) is 17.4 Å². The quantitative estimate of drug-likeness (QED) is 0.560. The first-order chi connectivity index (χ1) is 11.2. The predicted octanol–water partition coefficient (Wildman–Crippen LogP) is 4.25. The molecule has 1 N–H and O–H groups in total. The van der Waals surface area contributed by atoms with Crippen molar-refractivity contribution in [3.05, 3.63) is 58.8 Å². The molecule has 23 heavy (non-hydrogen) atoms. The van der Waals surface area contributed by atoms with Gasteiger partial charge in [0.25, 0.3) is 5.91 Å². The van der Waals surface area contributed by atoms with Crippen molar-refractivity contribution < 1.29 is 4.79 Å². The van der Waals surface area contributed by atoms with Crippen molar-refractivity contribution in [2.75, 3.05) is 5.32 Å². The number of carbonyl (C=O) groups excluding carboxylic acids is 1. The highest BCUT2D eigenvalue weighted by molar-refractivity contribution is 9.10. The van der Waals surface area contributed by atoms with Gasteiger partial charge in [-0.3, -0.25) is 20.1 Å². The summed E-state index contributed by atoms with van der Waals surface area (Å²) in [7, 11) is 0. The highest BCUT2D eigenvalue weighted by atomic mass is 79.9. The number of hydrogen-bond acceptors (Lipinski definition) is 5. The summed E-state index contributed by atoms with van der Waals surface area (Å²) in [6.45, 7) is 0. The molecule has 7 heteroatoms. The first kappa shape index (κ1) is 14.2. The second-order valence-electron chi connectivity index (χ2n) is 4.82. The number of carbonyl (C=O) groups is 1. The molecular weight excluding hydrogens is 376 g/mol. The highest BCUT2D eigenvalue weighted by Crippen LogP contribution is 2.31. The standard InChI is InChI=1S/C16H9BrN4OS/c17-10-2-1-3-13-14(10)20-16(23-13)21-15(22)9-4-5-11-12(8-9)19-7-6-18-11/h1-8H,(H,20,21,22). The summed E-state index contributed by atoms with van der Waals surface area (Å²) >= 11 is 4.90. The number of aromatic nitrogens is 3. The van der Waals surface area contributed by atoms with Gasteiger partial charge in [-0.25, -0.2) is 4.98 Å². The molecular formula is C16H9BrN4OS. The molecule has 0 bridgehead atoms. The van der Waals surface area contributed by atoms with Gasteiger partial charge >= 0.3 is 0 Å². The Morgan fingerprint density at radius 1 is 1.09 bits per heavy atom. The second-order valence-corrected chi connectivity index (χ2v) is 6.70. The fourth-order valence-corrected chi connectivity index (χ4v) is 3.72. The molecule has 0 aliphatic rings. The molecule has 2 heterocycles. The number of nitrogens with one attached hydrogen (secondary N) is 1. The molecule has 0 radical (unpaired) electrons. The summed E-state index contributed by atoms with van der Waals surface area (Å²) in [5, 5.41) is 3.40. The monoisotopic (exact) mass is 384 g/mol. The SMILES string of the molecule is O=C(Nc1nc2c(Br)cccc2s1)c1ccc2nccnc2c1. The van der Waals surface area contributed by atoms with Gasteiger partial charge in [0.1, 0.15) is 0 Å². The Bertz CT molecular complexity index is 1050. The predicted molar refractivity (Wildman–Crippen MR) is 94.8 cm³/mol. The van der Waals surface area contributed by atoms with Crippen LogP contribution in [0.1, 0.15) is 10.4 Å².